The zero-order chi connectivity index (χ0) is 23.5. The summed E-state index contributed by atoms with van der Waals surface area (Å²) in [4.78, 5) is 16.5. The number of hydrogen-bond donors (Lipinski definition) is 1. The second kappa shape index (κ2) is 9.83. The number of hydrogen-bond acceptors (Lipinski definition) is 5. The Labute approximate surface area is 189 Å². The predicted octanol–water partition coefficient (Wildman–Crippen LogP) is 4.01. The molecule has 0 saturated carbocycles. The van der Waals surface area contributed by atoms with Crippen LogP contribution in [0.25, 0.3) is 0 Å². The average Bonchev–Trinajstić information content (AvgIpc) is 2.74. The Kier molecular flexibility index (Phi) is 7.36. The van der Waals surface area contributed by atoms with Crippen LogP contribution < -0.4 is 4.74 Å². The molecule has 172 valence electrons. The maximum atomic E-state index is 14.3. The Bertz CT molecular complexity index is 1090. The minimum Gasteiger partial charge on any atom is -0.484 e. The highest BCUT2D eigenvalue weighted by Crippen LogP contribution is 2.27. The van der Waals surface area contributed by atoms with E-state index in [0.29, 0.717) is 48.0 Å². The van der Waals surface area contributed by atoms with Gasteiger partial charge in [-0.1, -0.05) is 18.7 Å². The van der Waals surface area contributed by atoms with Crippen molar-refractivity contribution in [2.24, 2.45) is 0 Å². The van der Waals surface area contributed by atoms with Crippen LogP contribution in [0, 0.1) is 17.5 Å². The zero-order valence-electron chi connectivity index (χ0n) is 18.7. The van der Waals surface area contributed by atoms with Crippen molar-refractivity contribution in [1.82, 2.24) is 9.80 Å². The molecule has 1 N–H and O–H groups in total. The van der Waals surface area contributed by atoms with Gasteiger partial charge in [0.2, 0.25) is 5.91 Å². The average molecular weight is 460 g/mol. The van der Waals surface area contributed by atoms with Crippen molar-refractivity contribution in [1.29, 1.82) is 4.78 Å². The fraction of sp³-hybridized carbons (Fsp3) is 0.375. The van der Waals surface area contributed by atoms with Gasteiger partial charge >= 0.3 is 0 Å². The second-order valence-corrected chi connectivity index (χ2v) is 10.4. The van der Waals surface area contributed by atoms with E-state index in [1.54, 1.807) is 42.2 Å². The molecule has 6 nitrogen and oxygen atoms in total. The summed E-state index contributed by atoms with van der Waals surface area (Å²) in [5.41, 5.74) is 1.28. The summed E-state index contributed by atoms with van der Waals surface area (Å²) in [5.74, 6) is 0.186. The lowest BCUT2D eigenvalue weighted by Gasteiger charge is -2.40. The number of aryl methyl sites for hydroxylation is 1. The monoisotopic (exact) mass is 459 g/mol. The molecule has 1 heterocycles. The highest BCUT2D eigenvalue weighted by Gasteiger charge is 2.28. The molecular weight excluding hydrogens is 429 g/mol. The maximum Gasteiger partial charge on any atom is 0.246 e. The number of nitrogens with zero attached hydrogens (tertiary/aromatic N) is 2. The molecule has 0 aliphatic carbocycles. The molecule has 1 saturated heterocycles. The molecule has 1 amide bonds. The number of halogens is 1. The lowest BCUT2D eigenvalue weighted by Crippen LogP contribution is -2.54. The minimum absolute atomic E-state index is 0.0266. The Morgan fingerprint density at radius 2 is 2.00 bits per heavy atom. The van der Waals surface area contributed by atoms with E-state index in [4.69, 9.17) is 9.52 Å². The van der Waals surface area contributed by atoms with Gasteiger partial charge < -0.3 is 9.64 Å². The summed E-state index contributed by atoms with van der Waals surface area (Å²) in [5, 5.41) is 0. The van der Waals surface area contributed by atoms with Crippen molar-refractivity contribution in [2.75, 3.05) is 32.4 Å². The van der Waals surface area contributed by atoms with Crippen LogP contribution in [0.5, 0.6) is 5.75 Å². The molecule has 3 atom stereocenters. The highest BCUT2D eigenvalue weighted by molar-refractivity contribution is 7.91. The molecular formula is C24H30FN3O3S. The smallest absolute Gasteiger partial charge is 0.246 e. The lowest BCUT2D eigenvalue weighted by atomic mass is 10.0. The third-order valence-corrected chi connectivity index (χ3v) is 6.88. The second-order valence-electron chi connectivity index (χ2n) is 8.27. The topological polar surface area (TPSA) is 73.7 Å². The van der Waals surface area contributed by atoms with Crippen LogP contribution in [0.2, 0.25) is 0 Å². The minimum atomic E-state index is -2.81. The van der Waals surface area contributed by atoms with E-state index in [1.807, 2.05) is 13.0 Å². The normalized spacial score (nSPS) is 19.8. The summed E-state index contributed by atoms with van der Waals surface area (Å²) in [7, 11) is -2.81. The fourth-order valence-corrected chi connectivity index (χ4v) is 4.50. The molecule has 32 heavy (non-hydrogen) atoms. The maximum absolute atomic E-state index is 14.3. The Morgan fingerprint density at radius 1 is 1.31 bits per heavy atom. The molecule has 1 fully saturated rings. The molecule has 0 radical (unpaired) electrons. The first-order valence-corrected chi connectivity index (χ1v) is 12.5. The van der Waals surface area contributed by atoms with Crippen LogP contribution in [-0.2, 0) is 14.5 Å². The SMILES string of the molecule is C=CC(=O)N1CCN(C[C@H](Oc2ccc(S(C)(=N)=O)cc2)c2ccc(C)c(F)c2)C[C@H]1C. The van der Waals surface area contributed by atoms with Gasteiger partial charge in [-0.15, -0.1) is 0 Å². The lowest BCUT2D eigenvalue weighted by molar-refractivity contribution is -0.130. The van der Waals surface area contributed by atoms with E-state index < -0.39 is 15.8 Å². The van der Waals surface area contributed by atoms with E-state index in [-0.39, 0.29) is 17.8 Å². The van der Waals surface area contributed by atoms with Crippen LogP contribution in [0.1, 0.15) is 24.2 Å². The number of rotatable bonds is 7. The van der Waals surface area contributed by atoms with Crippen molar-refractivity contribution in [3.63, 3.8) is 0 Å². The first-order valence-electron chi connectivity index (χ1n) is 10.5. The number of carbonyl (C=O) groups is 1. The summed E-state index contributed by atoms with van der Waals surface area (Å²) < 4.78 is 40.2. The van der Waals surface area contributed by atoms with E-state index in [0.717, 1.165) is 0 Å². The van der Waals surface area contributed by atoms with E-state index in [1.165, 1.54) is 18.4 Å². The summed E-state index contributed by atoms with van der Waals surface area (Å²) in [6.45, 7) is 9.74. The molecule has 8 heteroatoms. The summed E-state index contributed by atoms with van der Waals surface area (Å²) in [6, 6.07) is 11.7. The number of amides is 1. The molecule has 0 aromatic heterocycles. The van der Waals surface area contributed by atoms with Gasteiger partial charge in [0.25, 0.3) is 0 Å². The molecule has 1 unspecified atom stereocenters. The number of ether oxygens (including phenoxy) is 1. The molecule has 1 aliphatic heterocycles. The van der Waals surface area contributed by atoms with Gasteiger partial charge in [-0.2, -0.15) is 0 Å². The van der Waals surface area contributed by atoms with E-state index in [9.17, 15) is 13.4 Å². The molecule has 2 aromatic rings. The number of benzene rings is 2. The van der Waals surface area contributed by atoms with Gasteiger partial charge in [-0.25, -0.2) is 13.4 Å². The Morgan fingerprint density at radius 3 is 2.56 bits per heavy atom. The number of carbonyl (C=O) groups excluding carboxylic acids is 1. The highest BCUT2D eigenvalue weighted by atomic mass is 32.2. The van der Waals surface area contributed by atoms with Crippen LogP contribution in [0.4, 0.5) is 4.39 Å². The molecule has 0 bridgehead atoms. The van der Waals surface area contributed by atoms with Gasteiger partial charge in [-0.3, -0.25) is 9.69 Å². The summed E-state index contributed by atoms with van der Waals surface area (Å²) >= 11 is 0. The van der Waals surface area contributed by atoms with E-state index >= 15 is 0 Å². The molecule has 2 aromatic carbocycles. The molecule has 3 rings (SSSR count). The van der Waals surface area contributed by atoms with Crippen molar-refractivity contribution in [2.45, 2.75) is 30.9 Å². The van der Waals surface area contributed by atoms with Gasteiger partial charge in [0, 0.05) is 43.4 Å². The van der Waals surface area contributed by atoms with Crippen molar-refractivity contribution in [3.05, 3.63) is 72.1 Å². The van der Waals surface area contributed by atoms with Crippen LogP contribution >= 0.6 is 0 Å². The van der Waals surface area contributed by atoms with Crippen molar-refractivity contribution < 1.29 is 18.1 Å². The summed E-state index contributed by atoms with van der Waals surface area (Å²) in [6.07, 6.45) is 2.27. The third kappa shape index (κ3) is 5.75. The zero-order valence-corrected chi connectivity index (χ0v) is 19.5. The van der Waals surface area contributed by atoms with Gasteiger partial charge in [0.05, 0.1) is 9.73 Å². The Balaban J connectivity index is 1.81. The Hall–Kier alpha value is -2.71. The van der Waals surface area contributed by atoms with Gasteiger partial charge in [0.1, 0.15) is 17.7 Å². The van der Waals surface area contributed by atoms with Crippen LogP contribution in [-0.4, -0.2) is 58.4 Å². The quantitative estimate of drug-likeness (QED) is 0.635. The standard InChI is InChI=1S/C24H30FN3O3S/c1-5-24(29)28-13-12-27(15-18(28)3)16-23(19-7-6-17(2)22(25)14-19)31-20-8-10-21(11-9-20)32(4,26)30/h5-11,14,18,23,26H,1,12-13,15-16H2,2-4H3/t18-,23+,32?/m1/s1. The predicted molar refractivity (Wildman–Crippen MR) is 124 cm³/mol. The van der Waals surface area contributed by atoms with Gasteiger partial charge in [-0.05, 0) is 61.4 Å². The first-order chi connectivity index (χ1) is 15.1. The van der Waals surface area contributed by atoms with Gasteiger partial charge in [0.15, 0.2) is 0 Å². The van der Waals surface area contributed by atoms with Crippen molar-refractivity contribution >= 4 is 15.6 Å². The molecule has 0 spiro atoms. The number of piperazine rings is 1. The third-order valence-electron chi connectivity index (χ3n) is 5.71. The number of nitrogens with one attached hydrogen (secondary N) is 1. The molecule has 1 aliphatic rings. The first kappa shape index (κ1) is 23.9. The van der Waals surface area contributed by atoms with E-state index in [2.05, 4.69) is 11.5 Å². The fourth-order valence-electron chi connectivity index (χ4n) is 3.84. The van der Waals surface area contributed by atoms with Crippen LogP contribution in [0.3, 0.4) is 0 Å². The van der Waals surface area contributed by atoms with Crippen LogP contribution in [0.15, 0.2) is 60.0 Å². The largest absolute Gasteiger partial charge is 0.484 e. The van der Waals surface area contributed by atoms with Crippen molar-refractivity contribution in [3.8, 4) is 5.75 Å².